The molecule has 12 heavy (non-hydrogen) atoms. The Labute approximate surface area is 68.7 Å². The molecular formula is C7H8BF3N-. The normalized spacial score (nSPS) is 11.7. The molecule has 0 aromatic carbocycles. The van der Waals surface area contributed by atoms with Gasteiger partial charge in [0, 0.05) is 12.4 Å². The third-order valence-electron chi connectivity index (χ3n) is 1.68. The van der Waals surface area contributed by atoms with Gasteiger partial charge in [-0.2, -0.15) is 0 Å². The first-order chi connectivity index (χ1) is 5.55. The third-order valence-corrected chi connectivity index (χ3v) is 1.68. The Kier molecular flexibility index (Phi) is 2.40. The van der Waals surface area contributed by atoms with Crippen LogP contribution in [-0.2, 0) is 6.42 Å². The lowest BCUT2D eigenvalue weighted by atomic mass is 9.77. The molecule has 5 heteroatoms. The molecule has 0 fully saturated rings. The van der Waals surface area contributed by atoms with E-state index in [1.165, 1.54) is 12.3 Å². The zero-order valence-corrected chi connectivity index (χ0v) is 6.60. The van der Waals surface area contributed by atoms with Crippen LogP contribution in [0.5, 0.6) is 0 Å². The Balaban J connectivity index is 3.14. The van der Waals surface area contributed by atoms with Gasteiger partial charge in [0.05, 0.1) is 0 Å². The van der Waals surface area contributed by atoms with Crippen molar-refractivity contribution in [3.8, 4) is 0 Å². The Morgan fingerprint density at radius 1 is 1.42 bits per heavy atom. The second-order valence-corrected chi connectivity index (χ2v) is 2.50. The molecule has 0 spiro atoms. The standard InChI is InChI=1S/C7H8BF3N/c1-2-6-3-4-12-5-7(6)8(9,10)11/h3-5H,2H2,1H3/q-1. The average molecular weight is 174 g/mol. The average Bonchev–Trinajstić information content (AvgIpc) is 2.03. The SMILES string of the molecule is CCc1ccncc1[B-](F)(F)F. The van der Waals surface area contributed by atoms with Crippen molar-refractivity contribution < 1.29 is 12.9 Å². The van der Waals surface area contributed by atoms with Crippen LogP contribution in [-0.4, -0.2) is 12.0 Å². The molecular weight excluding hydrogens is 166 g/mol. The molecule has 66 valence electrons. The summed E-state index contributed by atoms with van der Waals surface area (Å²) in [5.74, 6) is 0. The maximum absolute atomic E-state index is 12.3. The Morgan fingerprint density at radius 3 is 2.50 bits per heavy atom. The van der Waals surface area contributed by atoms with Crippen LogP contribution >= 0.6 is 0 Å². The quantitative estimate of drug-likeness (QED) is 0.621. The second-order valence-electron chi connectivity index (χ2n) is 2.50. The Morgan fingerprint density at radius 2 is 2.08 bits per heavy atom. The minimum absolute atomic E-state index is 0.317. The lowest BCUT2D eigenvalue weighted by Gasteiger charge is -2.17. The highest BCUT2D eigenvalue weighted by Gasteiger charge is 2.27. The summed E-state index contributed by atoms with van der Waals surface area (Å²) in [5, 5.41) is 0. The van der Waals surface area contributed by atoms with Gasteiger partial charge in [-0.25, -0.2) is 0 Å². The van der Waals surface area contributed by atoms with Gasteiger partial charge in [0.25, 0.3) is 0 Å². The molecule has 0 amide bonds. The number of aromatic nitrogens is 1. The van der Waals surface area contributed by atoms with E-state index in [0.29, 0.717) is 12.0 Å². The van der Waals surface area contributed by atoms with Crippen molar-refractivity contribution in [3.63, 3.8) is 0 Å². The molecule has 0 saturated heterocycles. The summed E-state index contributed by atoms with van der Waals surface area (Å²) in [4.78, 5) is 3.46. The summed E-state index contributed by atoms with van der Waals surface area (Å²) in [6, 6.07) is 1.41. The second kappa shape index (κ2) is 3.17. The predicted octanol–water partition coefficient (Wildman–Crippen LogP) is 1.70. The highest BCUT2D eigenvalue weighted by atomic mass is 19.4. The van der Waals surface area contributed by atoms with Crippen LogP contribution in [0.25, 0.3) is 0 Å². The molecule has 0 radical (unpaired) electrons. The molecule has 1 aromatic heterocycles. The highest BCUT2D eigenvalue weighted by Crippen LogP contribution is 2.11. The zero-order valence-electron chi connectivity index (χ0n) is 6.60. The molecule has 0 aliphatic carbocycles. The molecule has 0 saturated carbocycles. The van der Waals surface area contributed by atoms with Gasteiger partial charge in [0.15, 0.2) is 0 Å². The number of pyridine rings is 1. The summed E-state index contributed by atoms with van der Waals surface area (Å²) in [6.45, 7) is -3.21. The molecule has 0 aliphatic rings. The van der Waals surface area contributed by atoms with Crippen LogP contribution in [0.2, 0.25) is 0 Å². The Bertz CT molecular complexity index is 272. The van der Waals surface area contributed by atoms with Crippen LogP contribution in [0.4, 0.5) is 12.9 Å². The molecule has 1 nitrogen and oxygen atoms in total. The Hall–Kier alpha value is -0.995. The van der Waals surface area contributed by atoms with E-state index < -0.39 is 12.4 Å². The largest absolute Gasteiger partial charge is 0.511 e. The smallest absolute Gasteiger partial charge is 0.445 e. The molecule has 1 heterocycles. The van der Waals surface area contributed by atoms with E-state index in [1.54, 1.807) is 6.92 Å². The van der Waals surface area contributed by atoms with Gasteiger partial charge < -0.3 is 12.9 Å². The lowest BCUT2D eigenvalue weighted by Crippen LogP contribution is -2.37. The summed E-state index contributed by atoms with van der Waals surface area (Å²) in [5.41, 5.74) is -0.252. The topological polar surface area (TPSA) is 12.9 Å². The van der Waals surface area contributed by atoms with E-state index >= 15 is 0 Å². The lowest BCUT2D eigenvalue weighted by molar-refractivity contribution is 0.500. The monoisotopic (exact) mass is 174 g/mol. The van der Waals surface area contributed by atoms with Gasteiger partial charge in [-0.05, 0) is 12.5 Å². The molecule has 0 aliphatic heterocycles. The maximum atomic E-state index is 12.3. The van der Waals surface area contributed by atoms with E-state index in [1.807, 2.05) is 0 Å². The number of nitrogens with zero attached hydrogens (tertiary/aromatic N) is 1. The molecule has 1 aromatic rings. The number of aryl methyl sites for hydroxylation is 1. The first-order valence-electron chi connectivity index (χ1n) is 3.68. The zero-order chi connectivity index (χ0) is 9.19. The minimum Gasteiger partial charge on any atom is -0.445 e. The van der Waals surface area contributed by atoms with E-state index in [2.05, 4.69) is 4.98 Å². The van der Waals surface area contributed by atoms with Gasteiger partial charge in [0.1, 0.15) is 0 Å². The number of hydrogen-bond acceptors (Lipinski definition) is 1. The fourth-order valence-corrected chi connectivity index (χ4v) is 1.05. The van der Waals surface area contributed by atoms with Crippen molar-refractivity contribution in [2.45, 2.75) is 13.3 Å². The van der Waals surface area contributed by atoms with E-state index in [4.69, 9.17) is 0 Å². The van der Waals surface area contributed by atoms with Crippen molar-refractivity contribution in [3.05, 3.63) is 24.0 Å². The third kappa shape index (κ3) is 1.78. The predicted molar refractivity (Wildman–Crippen MR) is 42.3 cm³/mol. The summed E-state index contributed by atoms with van der Waals surface area (Å²) < 4.78 is 36.8. The van der Waals surface area contributed by atoms with Crippen molar-refractivity contribution in [2.24, 2.45) is 0 Å². The van der Waals surface area contributed by atoms with Crippen molar-refractivity contribution in [1.82, 2.24) is 4.98 Å². The number of rotatable bonds is 2. The minimum atomic E-state index is -4.90. The summed E-state index contributed by atoms with van der Waals surface area (Å²) in [7, 11) is 0. The van der Waals surface area contributed by atoms with E-state index in [9.17, 15) is 12.9 Å². The van der Waals surface area contributed by atoms with Gasteiger partial charge in [-0.15, -0.1) is 0 Å². The van der Waals surface area contributed by atoms with Crippen LogP contribution in [0, 0.1) is 0 Å². The van der Waals surface area contributed by atoms with Gasteiger partial charge >= 0.3 is 6.98 Å². The van der Waals surface area contributed by atoms with Crippen LogP contribution < -0.4 is 5.46 Å². The van der Waals surface area contributed by atoms with E-state index in [0.717, 1.165) is 6.20 Å². The van der Waals surface area contributed by atoms with Gasteiger partial charge in [-0.1, -0.05) is 17.9 Å². The maximum Gasteiger partial charge on any atom is 0.511 e. The van der Waals surface area contributed by atoms with Crippen LogP contribution in [0.1, 0.15) is 12.5 Å². The van der Waals surface area contributed by atoms with Crippen molar-refractivity contribution >= 4 is 12.4 Å². The molecule has 0 atom stereocenters. The van der Waals surface area contributed by atoms with Gasteiger partial charge in [-0.3, -0.25) is 4.98 Å². The molecule has 1 rings (SSSR count). The number of hydrogen-bond donors (Lipinski definition) is 0. The van der Waals surface area contributed by atoms with Crippen LogP contribution in [0.15, 0.2) is 18.5 Å². The fourth-order valence-electron chi connectivity index (χ4n) is 1.05. The number of halogens is 3. The van der Waals surface area contributed by atoms with Gasteiger partial charge in [0.2, 0.25) is 0 Å². The summed E-state index contributed by atoms with van der Waals surface area (Å²) >= 11 is 0. The van der Waals surface area contributed by atoms with Crippen molar-refractivity contribution in [1.29, 1.82) is 0 Å². The molecule has 0 bridgehead atoms. The highest BCUT2D eigenvalue weighted by molar-refractivity contribution is 6.73. The van der Waals surface area contributed by atoms with E-state index in [-0.39, 0.29) is 0 Å². The fraction of sp³-hybridized carbons (Fsp3) is 0.286. The summed E-state index contributed by atoms with van der Waals surface area (Å²) in [6.07, 6.45) is 2.65. The first-order valence-corrected chi connectivity index (χ1v) is 3.68. The molecule has 0 unspecified atom stereocenters. The first kappa shape index (κ1) is 9.10. The van der Waals surface area contributed by atoms with Crippen molar-refractivity contribution in [2.75, 3.05) is 0 Å². The van der Waals surface area contributed by atoms with Crippen LogP contribution in [0.3, 0.4) is 0 Å². The molecule has 0 N–H and O–H groups in total.